The Hall–Kier alpha value is -1.03. The molecule has 1 heterocycles. The molecule has 0 aromatic heterocycles. The highest BCUT2D eigenvalue weighted by Gasteiger charge is 2.19. The van der Waals surface area contributed by atoms with Crippen molar-refractivity contribution in [3.05, 3.63) is 28.7 Å². The third-order valence-electron chi connectivity index (χ3n) is 3.17. The highest BCUT2D eigenvalue weighted by molar-refractivity contribution is 9.10. The summed E-state index contributed by atoms with van der Waals surface area (Å²) in [6, 6.07) is 7.66. The van der Waals surface area contributed by atoms with Gasteiger partial charge >= 0.3 is 6.03 Å². The number of carbonyl (C=O) groups is 1. The molecule has 1 fully saturated rings. The number of halogens is 1. The first kappa shape index (κ1) is 12.4. The fourth-order valence-electron chi connectivity index (χ4n) is 1.95. The molecule has 0 aliphatic carbocycles. The molecule has 3 nitrogen and oxygen atoms in total. The largest absolute Gasteiger partial charge is 0.325 e. The summed E-state index contributed by atoms with van der Waals surface area (Å²) in [5.41, 5.74) is 0.844. The topological polar surface area (TPSA) is 32.3 Å². The average Bonchev–Trinajstić information content (AvgIpc) is 2.33. The van der Waals surface area contributed by atoms with E-state index in [1.54, 1.807) is 0 Å². The number of urea groups is 1. The predicted molar refractivity (Wildman–Crippen MR) is 73.1 cm³/mol. The summed E-state index contributed by atoms with van der Waals surface area (Å²) < 4.78 is 1.02. The van der Waals surface area contributed by atoms with Crippen molar-refractivity contribution in [2.75, 3.05) is 18.4 Å². The number of nitrogens with zero attached hydrogens (tertiary/aromatic N) is 1. The van der Waals surface area contributed by atoms with E-state index in [9.17, 15) is 4.79 Å². The van der Waals surface area contributed by atoms with Crippen molar-refractivity contribution in [2.24, 2.45) is 5.92 Å². The van der Waals surface area contributed by atoms with Crippen LogP contribution in [-0.4, -0.2) is 24.0 Å². The third kappa shape index (κ3) is 3.46. The summed E-state index contributed by atoms with van der Waals surface area (Å²) in [5.74, 6) is 0.742. The van der Waals surface area contributed by atoms with Gasteiger partial charge in [-0.3, -0.25) is 0 Å². The van der Waals surface area contributed by atoms with Gasteiger partial charge in [-0.15, -0.1) is 0 Å². The Labute approximate surface area is 110 Å². The molecule has 1 saturated heterocycles. The van der Waals surface area contributed by atoms with E-state index in [0.717, 1.165) is 42.0 Å². The zero-order chi connectivity index (χ0) is 12.3. The number of hydrogen-bond acceptors (Lipinski definition) is 1. The van der Waals surface area contributed by atoms with Crippen molar-refractivity contribution in [3.8, 4) is 0 Å². The Morgan fingerprint density at radius 3 is 2.47 bits per heavy atom. The van der Waals surface area contributed by atoms with Crippen molar-refractivity contribution in [2.45, 2.75) is 19.8 Å². The van der Waals surface area contributed by atoms with Crippen LogP contribution >= 0.6 is 15.9 Å². The van der Waals surface area contributed by atoms with Crippen molar-refractivity contribution in [3.63, 3.8) is 0 Å². The van der Waals surface area contributed by atoms with E-state index in [1.165, 1.54) is 0 Å². The lowest BCUT2D eigenvalue weighted by Gasteiger charge is -2.30. The number of nitrogens with one attached hydrogen (secondary N) is 1. The fraction of sp³-hybridized carbons (Fsp3) is 0.462. The fourth-order valence-corrected chi connectivity index (χ4v) is 2.21. The second-order valence-electron chi connectivity index (χ2n) is 4.61. The summed E-state index contributed by atoms with van der Waals surface area (Å²) in [4.78, 5) is 13.9. The maximum atomic E-state index is 12.0. The van der Waals surface area contributed by atoms with Gasteiger partial charge < -0.3 is 10.2 Å². The number of rotatable bonds is 1. The second-order valence-corrected chi connectivity index (χ2v) is 5.52. The van der Waals surface area contributed by atoms with Gasteiger partial charge in [-0.1, -0.05) is 22.9 Å². The molecule has 4 heteroatoms. The van der Waals surface area contributed by atoms with Crippen LogP contribution in [-0.2, 0) is 0 Å². The Bertz CT molecular complexity index is 383. The van der Waals surface area contributed by atoms with Crippen LogP contribution in [0, 0.1) is 5.92 Å². The van der Waals surface area contributed by atoms with E-state index in [2.05, 4.69) is 28.2 Å². The van der Waals surface area contributed by atoms with Gasteiger partial charge in [0.05, 0.1) is 0 Å². The van der Waals surface area contributed by atoms with Crippen LogP contribution in [0.3, 0.4) is 0 Å². The van der Waals surface area contributed by atoms with Gasteiger partial charge in [-0.25, -0.2) is 4.79 Å². The first-order valence-electron chi connectivity index (χ1n) is 5.96. The zero-order valence-corrected chi connectivity index (χ0v) is 11.5. The molecule has 92 valence electrons. The van der Waals surface area contributed by atoms with Crippen molar-refractivity contribution in [1.82, 2.24) is 4.90 Å². The lowest BCUT2D eigenvalue weighted by atomic mass is 10.00. The van der Waals surface area contributed by atoms with Crippen LogP contribution in [0.15, 0.2) is 28.7 Å². The van der Waals surface area contributed by atoms with Gasteiger partial charge in [0.15, 0.2) is 0 Å². The van der Waals surface area contributed by atoms with Gasteiger partial charge in [0.25, 0.3) is 0 Å². The summed E-state index contributed by atoms with van der Waals surface area (Å²) in [5, 5.41) is 2.92. The van der Waals surface area contributed by atoms with Gasteiger partial charge in [-0.2, -0.15) is 0 Å². The molecule has 1 aliphatic rings. The minimum Gasteiger partial charge on any atom is -0.325 e. The molecule has 1 aromatic carbocycles. The van der Waals surface area contributed by atoms with Crippen molar-refractivity contribution >= 4 is 27.6 Å². The smallest absolute Gasteiger partial charge is 0.321 e. The highest BCUT2D eigenvalue weighted by atomic mass is 79.9. The molecule has 0 unspecified atom stereocenters. The van der Waals surface area contributed by atoms with Crippen molar-refractivity contribution in [1.29, 1.82) is 0 Å². The maximum absolute atomic E-state index is 12.0. The molecule has 17 heavy (non-hydrogen) atoms. The van der Waals surface area contributed by atoms with Crippen LogP contribution in [0.2, 0.25) is 0 Å². The minimum atomic E-state index is 0.0132. The summed E-state index contributed by atoms with van der Waals surface area (Å²) in [7, 11) is 0. The standard InChI is InChI=1S/C13H17BrN2O/c1-10-6-8-16(9-7-10)13(17)15-12-4-2-11(14)3-5-12/h2-5,10H,6-9H2,1H3,(H,15,17). The van der Waals surface area contributed by atoms with Crippen LogP contribution in [0.25, 0.3) is 0 Å². The molecular weight excluding hydrogens is 280 g/mol. The normalized spacial score (nSPS) is 16.9. The maximum Gasteiger partial charge on any atom is 0.321 e. The monoisotopic (exact) mass is 296 g/mol. The number of piperidine rings is 1. The van der Waals surface area contributed by atoms with Gasteiger partial charge in [0.1, 0.15) is 0 Å². The SMILES string of the molecule is CC1CCN(C(=O)Nc2ccc(Br)cc2)CC1. The van der Waals surface area contributed by atoms with E-state index < -0.39 is 0 Å². The van der Waals surface area contributed by atoms with E-state index in [1.807, 2.05) is 29.2 Å². The molecule has 1 aliphatic heterocycles. The van der Waals surface area contributed by atoms with Crippen LogP contribution in [0.4, 0.5) is 10.5 Å². The molecule has 1 aromatic rings. The quantitative estimate of drug-likeness (QED) is 0.842. The van der Waals surface area contributed by atoms with E-state index >= 15 is 0 Å². The third-order valence-corrected chi connectivity index (χ3v) is 3.70. The number of benzene rings is 1. The predicted octanol–water partition coefficient (Wildman–Crippen LogP) is 3.71. The lowest BCUT2D eigenvalue weighted by molar-refractivity contribution is 0.186. The Morgan fingerprint density at radius 2 is 1.88 bits per heavy atom. The van der Waals surface area contributed by atoms with Crippen LogP contribution in [0.5, 0.6) is 0 Å². The second kappa shape index (κ2) is 5.54. The Morgan fingerprint density at radius 1 is 1.29 bits per heavy atom. The summed E-state index contributed by atoms with van der Waals surface area (Å²) in [6.45, 7) is 3.97. The molecule has 0 radical (unpaired) electrons. The molecule has 1 N–H and O–H groups in total. The first-order chi connectivity index (χ1) is 8.15. The average molecular weight is 297 g/mol. The van der Waals surface area contributed by atoms with Crippen LogP contribution < -0.4 is 5.32 Å². The van der Waals surface area contributed by atoms with Crippen molar-refractivity contribution < 1.29 is 4.79 Å². The Balaban J connectivity index is 1.90. The number of likely N-dealkylation sites (tertiary alicyclic amines) is 1. The minimum absolute atomic E-state index is 0.0132. The van der Waals surface area contributed by atoms with Crippen LogP contribution in [0.1, 0.15) is 19.8 Å². The van der Waals surface area contributed by atoms with E-state index in [4.69, 9.17) is 0 Å². The highest BCUT2D eigenvalue weighted by Crippen LogP contribution is 2.18. The molecular formula is C13H17BrN2O. The molecule has 0 saturated carbocycles. The van der Waals surface area contributed by atoms with Gasteiger partial charge in [0.2, 0.25) is 0 Å². The molecule has 0 spiro atoms. The summed E-state index contributed by atoms with van der Waals surface area (Å²) >= 11 is 3.37. The molecule has 0 bridgehead atoms. The number of hydrogen-bond donors (Lipinski definition) is 1. The number of amides is 2. The molecule has 2 rings (SSSR count). The number of carbonyl (C=O) groups excluding carboxylic acids is 1. The lowest BCUT2D eigenvalue weighted by Crippen LogP contribution is -2.40. The summed E-state index contributed by atoms with van der Waals surface area (Å²) in [6.07, 6.45) is 2.21. The molecule has 2 amide bonds. The number of anilines is 1. The van der Waals surface area contributed by atoms with E-state index in [0.29, 0.717) is 0 Å². The molecule has 0 atom stereocenters. The van der Waals surface area contributed by atoms with Gasteiger partial charge in [-0.05, 0) is 43.0 Å². The zero-order valence-electron chi connectivity index (χ0n) is 9.95. The van der Waals surface area contributed by atoms with E-state index in [-0.39, 0.29) is 6.03 Å². The van der Waals surface area contributed by atoms with Gasteiger partial charge in [0, 0.05) is 23.2 Å². The first-order valence-corrected chi connectivity index (χ1v) is 6.76. The Kier molecular flexibility index (Phi) is 4.05.